The van der Waals surface area contributed by atoms with Crippen molar-refractivity contribution in [1.29, 1.82) is 0 Å². The predicted molar refractivity (Wildman–Crippen MR) is 96.5 cm³/mol. The molecule has 2 aromatic heterocycles. The molecule has 0 bridgehead atoms. The molecular formula is C21H18N4O. The summed E-state index contributed by atoms with van der Waals surface area (Å²) in [6.45, 7) is 0. The minimum atomic E-state index is 0.472. The molecule has 0 aliphatic heterocycles. The summed E-state index contributed by atoms with van der Waals surface area (Å²) in [6, 6.07) is 8.42. The second kappa shape index (κ2) is 5.34. The molecule has 0 unspecified atom stereocenters. The fourth-order valence-corrected chi connectivity index (χ4v) is 3.63. The van der Waals surface area contributed by atoms with Crippen molar-refractivity contribution in [3.05, 3.63) is 65.1 Å². The second-order valence-electron chi connectivity index (χ2n) is 7.49. The lowest BCUT2D eigenvalue weighted by atomic mass is 10.0. The van der Waals surface area contributed by atoms with E-state index in [1.807, 2.05) is 12.3 Å². The second-order valence-corrected chi connectivity index (χ2v) is 7.49. The van der Waals surface area contributed by atoms with Gasteiger partial charge in [0.2, 0.25) is 11.8 Å². The highest BCUT2D eigenvalue weighted by Gasteiger charge is 2.30. The Balaban J connectivity index is 1.38. The molecule has 0 N–H and O–H groups in total. The van der Waals surface area contributed by atoms with Crippen LogP contribution in [0.15, 0.2) is 41.0 Å². The summed E-state index contributed by atoms with van der Waals surface area (Å²) in [5, 5.41) is 8.46. The Hall–Kier alpha value is -2.82. The van der Waals surface area contributed by atoms with E-state index in [4.69, 9.17) is 9.40 Å². The lowest BCUT2D eigenvalue weighted by molar-refractivity contribution is 0.508. The van der Waals surface area contributed by atoms with Crippen molar-refractivity contribution in [2.24, 2.45) is 0 Å². The van der Waals surface area contributed by atoms with Crippen molar-refractivity contribution in [1.82, 2.24) is 20.2 Å². The largest absolute Gasteiger partial charge is 0.420 e. The molecular weight excluding hydrogens is 324 g/mol. The van der Waals surface area contributed by atoms with Crippen molar-refractivity contribution in [3.8, 4) is 11.5 Å². The molecule has 3 aliphatic rings. The Morgan fingerprint density at radius 1 is 0.962 bits per heavy atom. The maximum absolute atomic E-state index is 5.88. The van der Waals surface area contributed by atoms with Crippen LogP contribution in [0.4, 0.5) is 0 Å². The van der Waals surface area contributed by atoms with Gasteiger partial charge in [-0.1, -0.05) is 12.1 Å². The van der Waals surface area contributed by atoms with E-state index in [9.17, 15) is 0 Å². The van der Waals surface area contributed by atoms with Crippen LogP contribution >= 0.6 is 0 Å². The molecule has 0 atom stereocenters. The van der Waals surface area contributed by atoms with Crippen LogP contribution in [0.1, 0.15) is 66.1 Å². The van der Waals surface area contributed by atoms with Gasteiger partial charge in [0, 0.05) is 34.9 Å². The first-order valence-electron chi connectivity index (χ1n) is 9.36. The molecule has 3 aromatic rings. The molecule has 128 valence electrons. The fourth-order valence-electron chi connectivity index (χ4n) is 3.63. The maximum Gasteiger partial charge on any atom is 0.247 e. The molecule has 0 radical (unpaired) electrons. The Morgan fingerprint density at radius 3 is 2.69 bits per heavy atom. The van der Waals surface area contributed by atoms with Crippen molar-refractivity contribution >= 4 is 5.57 Å². The van der Waals surface area contributed by atoms with Crippen LogP contribution in [0, 0.1) is 0 Å². The van der Waals surface area contributed by atoms with Crippen LogP contribution in [0.5, 0.6) is 0 Å². The Labute approximate surface area is 151 Å². The van der Waals surface area contributed by atoms with Gasteiger partial charge in [-0.15, -0.1) is 10.2 Å². The molecule has 3 aliphatic carbocycles. The van der Waals surface area contributed by atoms with E-state index in [1.165, 1.54) is 29.7 Å². The zero-order valence-electron chi connectivity index (χ0n) is 14.4. The number of fused-ring (bicyclic) bond motifs is 1. The van der Waals surface area contributed by atoms with Crippen molar-refractivity contribution in [3.63, 3.8) is 0 Å². The van der Waals surface area contributed by atoms with E-state index in [-0.39, 0.29) is 0 Å². The summed E-state index contributed by atoms with van der Waals surface area (Å²) in [7, 11) is 0. The molecule has 1 aromatic carbocycles. The molecule has 5 nitrogen and oxygen atoms in total. The topological polar surface area (TPSA) is 64.7 Å². The minimum Gasteiger partial charge on any atom is -0.420 e. The summed E-state index contributed by atoms with van der Waals surface area (Å²) < 4.78 is 5.88. The van der Waals surface area contributed by atoms with Crippen LogP contribution in [-0.2, 0) is 6.42 Å². The summed E-state index contributed by atoms with van der Waals surface area (Å²) in [5.41, 5.74) is 5.74. The average Bonchev–Trinajstić information content (AvgIpc) is 3.61. The van der Waals surface area contributed by atoms with E-state index < -0.39 is 0 Å². The molecule has 0 saturated heterocycles. The normalized spacial score (nSPS) is 18.7. The first kappa shape index (κ1) is 14.4. The standard InChI is InChI=1S/C21H18N4O/c1-6-15(21-25-24-20(26-21)14-4-5-14)11-17-12(1)7-8-16(17)19-22-10-9-18(23-19)13-2-3-13/h1,6,8-11,13-14H,2-5,7H2. The number of rotatable bonds is 4. The first-order valence-corrected chi connectivity index (χ1v) is 9.36. The third-order valence-electron chi connectivity index (χ3n) is 5.45. The van der Waals surface area contributed by atoms with Gasteiger partial charge < -0.3 is 4.42 Å². The number of aromatic nitrogens is 4. The van der Waals surface area contributed by atoms with Gasteiger partial charge >= 0.3 is 0 Å². The number of hydrogen-bond acceptors (Lipinski definition) is 5. The van der Waals surface area contributed by atoms with Gasteiger partial charge in [0.1, 0.15) is 0 Å². The number of allylic oxidation sites excluding steroid dienone is 1. The van der Waals surface area contributed by atoms with Crippen molar-refractivity contribution in [2.75, 3.05) is 0 Å². The highest BCUT2D eigenvalue weighted by molar-refractivity contribution is 5.83. The minimum absolute atomic E-state index is 0.472. The van der Waals surface area contributed by atoms with E-state index in [0.717, 1.165) is 42.1 Å². The molecule has 2 fully saturated rings. The van der Waals surface area contributed by atoms with Crippen LogP contribution in [0.3, 0.4) is 0 Å². The van der Waals surface area contributed by atoms with Crippen LogP contribution < -0.4 is 0 Å². The van der Waals surface area contributed by atoms with Crippen LogP contribution in [0.2, 0.25) is 0 Å². The van der Waals surface area contributed by atoms with Gasteiger partial charge in [-0.3, -0.25) is 0 Å². The predicted octanol–water partition coefficient (Wildman–Crippen LogP) is 4.27. The van der Waals surface area contributed by atoms with E-state index in [2.05, 4.69) is 39.5 Å². The monoisotopic (exact) mass is 342 g/mol. The third kappa shape index (κ3) is 2.38. The molecule has 6 rings (SSSR count). The summed E-state index contributed by atoms with van der Waals surface area (Å²) in [4.78, 5) is 9.36. The summed E-state index contributed by atoms with van der Waals surface area (Å²) >= 11 is 0. The smallest absolute Gasteiger partial charge is 0.247 e. The molecule has 26 heavy (non-hydrogen) atoms. The Kier molecular flexibility index (Phi) is 2.95. The number of hydrogen-bond donors (Lipinski definition) is 0. The maximum atomic E-state index is 5.88. The molecule has 2 heterocycles. The third-order valence-corrected chi connectivity index (χ3v) is 5.45. The van der Waals surface area contributed by atoms with Crippen molar-refractivity contribution < 1.29 is 4.42 Å². The lowest BCUT2D eigenvalue weighted by Crippen LogP contribution is -1.98. The fraction of sp³-hybridized carbons (Fsp3) is 0.333. The van der Waals surface area contributed by atoms with E-state index in [0.29, 0.717) is 17.7 Å². The Morgan fingerprint density at radius 2 is 1.85 bits per heavy atom. The highest BCUT2D eigenvalue weighted by Crippen LogP contribution is 2.41. The number of benzene rings is 1. The first-order chi connectivity index (χ1) is 12.8. The molecule has 0 amide bonds. The summed E-state index contributed by atoms with van der Waals surface area (Å²) in [6.07, 6.45) is 9.84. The zero-order valence-corrected chi connectivity index (χ0v) is 14.4. The van der Waals surface area contributed by atoms with Crippen molar-refractivity contribution in [2.45, 2.75) is 43.9 Å². The number of nitrogens with zero attached hydrogens (tertiary/aromatic N) is 4. The average molecular weight is 342 g/mol. The molecule has 0 spiro atoms. The van der Waals surface area contributed by atoms with Gasteiger partial charge in [0.15, 0.2) is 5.82 Å². The molecule has 2 saturated carbocycles. The lowest BCUT2D eigenvalue weighted by Gasteiger charge is -2.07. The quantitative estimate of drug-likeness (QED) is 0.708. The van der Waals surface area contributed by atoms with Crippen LogP contribution in [-0.4, -0.2) is 20.2 Å². The van der Waals surface area contributed by atoms with Gasteiger partial charge in [0.05, 0.1) is 0 Å². The van der Waals surface area contributed by atoms with E-state index >= 15 is 0 Å². The zero-order chi connectivity index (χ0) is 17.1. The highest BCUT2D eigenvalue weighted by atomic mass is 16.4. The van der Waals surface area contributed by atoms with E-state index in [1.54, 1.807) is 0 Å². The van der Waals surface area contributed by atoms with Gasteiger partial charge in [-0.25, -0.2) is 9.97 Å². The van der Waals surface area contributed by atoms with Gasteiger partial charge in [-0.2, -0.15) is 0 Å². The SMILES string of the molecule is C1=C(c2nccc(C3CC3)n2)c2cc(-c3nnc(C4CC4)o3)ccc2C1. The van der Waals surface area contributed by atoms with Gasteiger partial charge in [0.25, 0.3) is 0 Å². The van der Waals surface area contributed by atoms with Crippen LogP contribution in [0.25, 0.3) is 17.0 Å². The summed E-state index contributed by atoms with van der Waals surface area (Å²) in [5.74, 6) is 3.31. The van der Waals surface area contributed by atoms with Gasteiger partial charge in [-0.05, 0) is 61.4 Å². The molecule has 5 heteroatoms. The Bertz CT molecular complexity index is 1040.